The van der Waals surface area contributed by atoms with Crippen LogP contribution in [0.3, 0.4) is 0 Å². The number of nitrogens with zero attached hydrogens (tertiary/aromatic N) is 4. The van der Waals surface area contributed by atoms with Gasteiger partial charge < -0.3 is 20.1 Å². The lowest BCUT2D eigenvalue weighted by Gasteiger charge is -2.33. The van der Waals surface area contributed by atoms with Crippen molar-refractivity contribution in [2.24, 2.45) is 0 Å². The number of nitrogen functional groups attached to an aromatic ring is 1. The van der Waals surface area contributed by atoms with Crippen LogP contribution in [0.5, 0.6) is 5.88 Å². The number of morpholine rings is 1. The molecule has 1 aliphatic rings. The van der Waals surface area contributed by atoms with Gasteiger partial charge in [-0.25, -0.2) is 4.98 Å². The van der Waals surface area contributed by atoms with Gasteiger partial charge in [0.25, 0.3) is 0 Å². The normalized spacial score (nSPS) is 16.5. The van der Waals surface area contributed by atoms with E-state index in [-0.39, 0.29) is 11.5 Å². The van der Waals surface area contributed by atoms with Crippen LogP contribution in [0.2, 0.25) is 0 Å². The number of aryl methyl sites for hydroxylation is 2. The zero-order chi connectivity index (χ0) is 24.1. The van der Waals surface area contributed by atoms with Gasteiger partial charge in [-0.2, -0.15) is 4.98 Å². The van der Waals surface area contributed by atoms with Gasteiger partial charge >= 0.3 is 0 Å². The Bertz CT molecular complexity index is 1120. The third kappa shape index (κ3) is 6.23. The Kier molecular flexibility index (Phi) is 7.32. The van der Waals surface area contributed by atoms with Crippen LogP contribution in [0.15, 0.2) is 48.5 Å². The highest BCUT2D eigenvalue weighted by molar-refractivity contribution is 5.40. The third-order valence-electron chi connectivity index (χ3n) is 6.14. The largest absolute Gasteiger partial charge is 0.478 e. The van der Waals surface area contributed by atoms with Gasteiger partial charge in [0.1, 0.15) is 11.6 Å². The molecule has 0 saturated carbocycles. The molecule has 7 nitrogen and oxygen atoms in total. The Hall–Kier alpha value is -3.19. The molecule has 0 bridgehead atoms. The van der Waals surface area contributed by atoms with Crippen LogP contribution in [0.1, 0.15) is 42.9 Å². The number of hydrogen-bond donors (Lipinski definition) is 1. The van der Waals surface area contributed by atoms with Gasteiger partial charge in [0.15, 0.2) is 0 Å². The van der Waals surface area contributed by atoms with Crippen molar-refractivity contribution in [2.75, 3.05) is 36.9 Å². The summed E-state index contributed by atoms with van der Waals surface area (Å²) < 4.78 is 12.0. The number of ether oxygens (including phenoxy) is 2. The number of hydrogen-bond acceptors (Lipinski definition) is 7. The summed E-state index contributed by atoms with van der Waals surface area (Å²) in [7, 11) is 0. The number of pyridine rings is 3. The highest BCUT2D eigenvalue weighted by atomic mass is 16.5. The fourth-order valence-electron chi connectivity index (χ4n) is 4.38. The van der Waals surface area contributed by atoms with Crippen molar-refractivity contribution in [3.8, 4) is 5.88 Å². The molecule has 2 N–H and O–H groups in total. The Morgan fingerprint density at radius 1 is 1.06 bits per heavy atom. The van der Waals surface area contributed by atoms with Gasteiger partial charge in [-0.05, 0) is 56.2 Å². The maximum Gasteiger partial charge on any atom is 0.215 e. The lowest BCUT2D eigenvalue weighted by molar-refractivity contribution is 0.0263. The number of rotatable bonds is 8. The van der Waals surface area contributed by atoms with Crippen LogP contribution in [-0.4, -0.2) is 47.4 Å². The first-order valence-corrected chi connectivity index (χ1v) is 11.9. The monoisotopic (exact) mass is 461 g/mol. The minimum Gasteiger partial charge on any atom is -0.478 e. The SMILES string of the molecule is Cc1cccc(N2CCOC(CCOc3cc(CC(C)(C)c4cccc(C)n4)cc(N)n3)C2)n1. The van der Waals surface area contributed by atoms with Crippen molar-refractivity contribution in [3.05, 3.63) is 71.2 Å². The van der Waals surface area contributed by atoms with Crippen molar-refractivity contribution in [3.63, 3.8) is 0 Å². The second-order valence-electron chi connectivity index (χ2n) is 9.68. The molecule has 3 aromatic heterocycles. The second-order valence-corrected chi connectivity index (χ2v) is 9.68. The fourth-order valence-corrected chi connectivity index (χ4v) is 4.38. The van der Waals surface area contributed by atoms with Gasteiger partial charge in [-0.3, -0.25) is 4.98 Å². The van der Waals surface area contributed by atoms with Crippen molar-refractivity contribution >= 4 is 11.6 Å². The molecule has 0 aromatic carbocycles. The summed E-state index contributed by atoms with van der Waals surface area (Å²) in [6, 6.07) is 16.2. The summed E-state index contributed by atoms with van der Waals surface area (Å²) in [6.07, 6.45) is 1.65. The standard InChI is InChI=1S/C27H35N5O2/c1-19-7-5-9-23(29-19)27(3,4)17-21-15-24(28)31-26(16-21)34-13-11-22-18-32(12-14-33-22)25-10-6-8-20(2)30-25/h5-10,15-16,22H,11-14,17-18H2,1-4H3,(H2,28,31). The zero-order valence-corrected chi connectivity index (χ0v) is 20.6. The predicted molar refractivity (Wildman–Crippen MR) is 135 cm³/mol. The molecular weight excluding hydrogens is 426 g/mol. The molecule has 1 unspecified atom stereocenters. The molecule has 34 heavy (non-hydrogen) atoms. The molecule has 7 heteroatoms. The highest BCUT2D eigenvalue weighted by Crippen LogP contribution is 2.28. The van der Waals surface area contributed by atoms with E-state index in [9.17, 15) is 0 Å². The molecule has 0 aliphatic carbocycles. The third-order valence-corrected chi connectivity index (χ3v) is 6.14. The van der Waals surface area contributed by atoms with Crippen molar-refractivity contribution in [2.45, 2.75) is 52.1 Å². The van der Waals surface area contributed by atoms with Gasteiger partial charge in [0.2, 0.25) is 5.88 Å². The summed E-state index contributed by atoms with van der Waals surface area (Å²) in [6.45, 7) is 11.3. The van der Waals surface area contributed by atoms with Gasteiger partial charge in [-0.15, -0.1) is 0 Å². The zero-order valence-electron chi connectivity index (χ0n) is 20.6. The average molecular weight is 462 g/mol. The minimum absolute atomic E-state index is 0.0860. The van der Waals surface area contributed by atoms with Crippen LogP contribution in [0, 0.1) is 13.8 Å². The summed E-state index contributed by atoms with van der Waals surface area (Å²) >= 11 is 0. The number of aromatic nitrogens is 3. The second kappa shape index (κ2) is 10.4. The first kappa shape index (κ1) is 24.0. The molecule has 1 saturated heterocycles. The molecule has 1 aliphatic heterocycles. The molecule has 4 heterocycles. The van der Waals surface area contributed by atoms with Crippen LogP contribution in [0.4, 0.5) is 11.6 Å². The topological polar surface area (TPSA) is 86.4 Å². The van der Waals surface area contributed by atoms with Gasteiger partial charge in [0.05, 0.1) is 19.3 Å². The first-order chi connectivity index (χ1) is 16.3. The molecule has 0 spiro atoms. The molecule has 4 rings (SSSR count). The van der Waals surface area contributed by atoms with Crippen LogP contribution in [0.25, 0.3) is 0 Å². The van der Waals surface area contributed by atoms with E-state index in [1.165, 1.54) is 0 Å². The fraction of sp³-hybridized carbons (Fsp3) is 0.444. The van der Waals surface area contributed by atoms with E-state index >= 15 is 0 Å². The molecule has 0 amide bonds. The molecule has 3 aromatic rings. The van der Waals surface area contributed by atoms with E-state index in [2.05, 4.69) is 46.9 Å². The molecule has 180 valence electrons. The Morgan fingerprint density at radius 3 is 2.59 bits per heavy atom. The molecular formula is C27H35N5O2. The average Bonchev–Trinajstić information content (AvgIpc) is 2.79. The number of nitrogens with two attached hydrogens (primary N) is 1. The van der Waals surface area contributed by atoms with Crippen LogP contribution in [-0.2, 0) is 16.6 Å². The first-order valence-electron chi connectivity index (χ1n) is 11.9. The van der Waals surface area contributed by atoms with E-state index in [4.69, 9.17) is 20.2 Å². The van der Waals surface area contributed by atoms with E-state index < -0.39 is 0 Å². The van der Waals surface area contributed by atoms with Crippen molar-refractivity contribution < 1.29 is 9.47 Å². The van der Waals surface area contributed by atoms with Gasteiger partial charge in [-0.1, -0.05) is 26.0 Å². The number of anilines is 2. The predicted octanol–water partition coefficient (Wildman–Crippen LogP) is 4.27. The van der Waals surface area contributed by atoms with Crippen LogP contribution >= 0.6 is 0 Å². The highest BCUT2D eigenvalue weighted by Gasteiger charge is 2.24. The summed E-state index contributed by atoms with van der Waals surface area (Å²) in [5.41, 5.74) is 10.2. The minimum atomic E-state index is -0.139. The van der Waals surface area contributed by atoms with Crippen molar-refractivity contribution in [1.29, 1.82) is 0 Å². The van der Waals surface area contributed by atoms with Crippen LogP contribution < -0.4 is 15.4 Å². The molecule has 1 fully saturated rings. The molecule has 0 radical (unpaired) electrons. The quantitative estimate of drug-likeness (QED) is 0.536. The maximum absolute atomic E-state index is 6.11. The summed E-state index contributed by atoms with van der Waals surface area (Å²) in [4.78, 5) is 16.0. The Morgan fingerprint density at radius 2 is 1.82 bits per heavy atom. The maximum atomic E-state index is 6.11. The lowest BCUT2D eigenvalue weighted by Crippen LogP contribution is -2.43. The van der Waals surface area contributed by atoms with E-state index in [1.807, 2.05) is 44.2 Å². The Labute approximate surface area is 202 Å². The van der Waals surface area contributed by atoms with E-state index in [1.54, 1.807) is 0 Å². The molecule has 1 atom stereocenters. The summed E-state index contributed by atoms with van der Waals surface area (Å²) in [5.74, 6) is 2.02. The Balaban J connectivity index is 1.34. The van der Waals surface area contributed by atoms with Gasteiger partial charge in [0, 0.05) is 48.1 Å². The lowest BCUT2D eigenvalue weighted by atomic mass is 9.82. The smallest absolute Gasteiger partial charge is 0.215 e. The van der Waals surface area contributed by atoms with Crippen molar-refractivity contribution in [1.82, 2.24) is 15.0 Å². The van der Waals surface area contributed by atoms with E-state index in [0.29, 0.717) is 24.9 Å². The summed E-state index contributed by atoms with van der Waals surface area (Å²) in [5, 5.41) is 0. The van der Waals surface area contributed by atoms with E-state index in [0.717, 1.165) is 54.4 Å².